The standard InChI is InChI=1S/C23H34O5/c1-4-14(2)23(26)28-20-7-5-6-16-9-8-15(3)19(22(16)20)11-10-18-12-17(24)13-21(25)27-18/h6,8-9,14-15,17-20,22,24H,4-5,7,10-13H2,1-3H3/t14-,15-,17+,18?,19-,20-,22-/m0/s1. The number of aliphatic hydroxyl groups excluding tert-OH is 1. The Morgan fingerprint density at radius 1 is 1.39 bits per heavy atom. The Bertz CT molecular complexity index is 637. The molecule has 2 aliphatic carbocycles. The van der Waals surface area contributed by atoms with Crippen molar-refractivity contribution in [1.82, 2.24) is 0 Å². The quantitative estimate of drug-likeness (QED) is 0.695. The third-order valence-electron chi connectivity index (χ3n) is 6.69. The fraction of sp³-hybridized carbons (Fsp3) is 0.739. The number of hydrogen-bond donors (Lipinski definition) is 1. The molecule has 1 fully saturated rings. The van der Waals surface area contributed by atoms with E-state index >= 15 is 0 Å². The number of carbonyl (C=O) groups is 2. The number of esters is 2. The Hall–Kier alpha value is -1.62. The van der Waals surface area contributed by atoms with E-state index in [2.05, 4.69) is 25.2 Å². The van der Waals surface area contributed by atoms with E-state index in [4.69, 9.17) is 9.47 Å². The molecule has 1 saturated heterocycles. The Balaban J connectivity index is 1.70. The van der Waals surface area contributed by atoms with Crippen molar-refractivity contribution in [3.63, 3.8) is 0 Å². The Morgan fingerprint density at radius 2 is 2.18 bits per heavy atom. The van der Waals surface area contributed by atoms with Gasteiger partial charge in [0.15, 0.2) is 0 Å². The zero-order valence-corrected chi connectivity index (χ0v) is 17.3. The van der Waals surface area contributed by atoms with Crippen LogP contribution >= 0.6 is 0 Å². The van der Waals surface area contributed by atoms with Gasteiger partial charge < -0.3 is 14.6 Å². The molecule has 0 aromatic rings. The van der Waals surface area contributed by atoms with E-state index in [1.54, 1.807) is 0 Å². The molecule has 1 heterocycles. The van der Waals surface area contributed by atoms with E-state index in [1.165, 1.54) is 5.57 Å². The molecule has 156 valence electrons. The molecule has 3 aliphatic rings. The second-order valence-electron chi connectivity index (χ2n) is 8.76. The topological polar surface area (TPSA) is 72.8 Å². The molecule has 0 amide bonds. The van der Waals surface area contributed by atoms with Gasteiger partial charge in [-0.05, 0) is 49.5 Å². The van der Waals surface area contributed by atoms with E-state index in [0.717, 1.165) is 32.1 Å². The maximum Gasteiger partial charge on any atom is 0.308 e. The molecule has 7 atom stereocenters. The Labute approximate surface area is 168 Å². The molecule has 0 spiro atoms. The lowest BCUT2D eigenvalue weighted by atomic mass is 9.66. The normalized spacial score (nSPS) is 36.1. The van der Waals surface area contributed by atoms with Crippen molar-refractivity contribution in [2.24, 2.45) is 23.7 Å². The first kappa shape index (κ1) is 21.1. The molecule has 0 aromatic carbocycles. The van der Waals surface area contributed by atoms with Gasteiger partial charge in [-0.25, -0.2) is 0 Å². The number of hydrogen-bond acceptors (Lipinski definition) is 5. The van der Waals surface area contributed by atoms with Crippen LogP contribution in [-0.4, -0.2) is 35.4 Å². The number of allylic oxidation sites excluding steroid dienone is 3. The smallest absolute Gasteiger partial charge is 0.308 e. The lowest BCUT2D eigenvalue weighted by molar-refractivity contribution is -0.162. The van der Waals surface area contributed by atoms with Crippen LogP contribution in [0.15, 0.2) is 23.8 Å². The molecule has 0 radical (unpaired) electrons. The fourth-order valence-electron chi connectivity index (χ4n) is 4.80. The van der Waals surface area contributed by atoms with Crippen molar-refractivity contribution < 1.29 is 24.2 Å². The lowest BCUT2D eigenvalue weighted by Gasteiger charge is -2.42. The van der Waals surface area contributed by atoms with E-state index < -0.39 is 6.10 Å². The summed E-state index contributed by atoms with van der Waals surface area (Å²) in [4.78, 5) is 24.1. The highest BCUT2D eigenvalue weighted by Crippen LogP contribution is 2.44. The van der Waals surface area contributed by atoms with Crippen molar-refractivity contribution in [3.05, 3.63) is 23.8 Å². The van der Waals surface area contributed by atoms with Gasteiger partial charge in [0.2, 0.25) is 0 Å². The molecule has 5 heteroatoms. The van der Waals surface area contributed by atoms with Crippen molar-refractivity contribution >= 4 is 11.9 Å². The molecule has 0 bridgehead atoms. The molecule has 0 aromatic heterocycles. The fourth-order valence-corrected chi connectivity index (χ4v) is 4.80. The van der Waals surface area contributed by atoms with Crippen molar-refractivity contribution in [2.75, 3.05) is 0 Å². The van der Waals surface area contributed by atoms with E-state index in [9.17, 15) is 14.7 Å². The minimum absolute atomic E-state index is 0.0764. The third kappa shape index (κ3) is 4.86. The summed E-state index contributed by atoms with van der Waals surface area (Å²) in [6.45, 7) is 6.14. The summed E-state index contributed by atoms with van der Waals surface area (Å²) < 4.78 is 11.4. The van der Waals surface area contributed by atoms with Crippen LogP contribution in [0, 0.1) is 23.7 Å². The maximum atomic E-state index is 12.4. The van der Waals surface area contributed by atoms with Crippen LogP contribution in [0.4, 0.5) is 0 Å². The number of aliphatic hydroxyl groups is 1. The summed E-state index contributed by atoms with van der Waals surface area (Å²) in [6.07, 6.45) is 10.6. The minimum atomic E-state index is -0.593. The second-order valence-corrected chi connectivity index (χ2v) is 8.76. The van der Waals surface area contributed by atoms with Crippen LogP contribution < -0.4 is 0 Å². The van der Waals surface area contributed by atoms with Crippen molar-refractivity contribution in [3.8, 4) is 0 Å². The van der Waals surface area contributed by atoms with Gasteiger partial charge in [0.1, 0.15) is 12.2 Å². The first-order chi connectivity index (χ1) is 13.4. The van der Waals surface area contributed by atoms with Crippen LogP contribution in [0.1, 0.15) is 65.7 Å². The molecule has 5 nitrogen and oxygen atoms in total. The molecule has 28 heavy (non-hydrogen) atoms. The van der Waals surface area contributed by atoms with Gasteiger partial charge in [0.05, 0.1) is 18.4 Å². The second kappa shape index (κ2) is 9.25. The predicted molar refractivity (Wildman–Crippen MR) is 106 cm³/mol. The van der Waals surface area contributed by atoms with Crippen molar-refractivity contribution in [1.29, 1.82) is 0 Å². The predicted octanol–water partition coefficient (Wildman–Crippen LogP) is 3.95. The van der Waals surface area contributed by atoms with Gasteiger partial charge in [-0.2, -0.15) is 0 Å². The van der Waals surface area contributed by atoms with Crippen LogP contribution in [0.3, 0.4) is 0 Å². The Morgan fingerprint density at radius 3 is 2.89 bits per heavy atom. The van der Waals surface area contributed by atoms with Crippen molar-refractivity contribution in [2.45, 2.75) is 84.0 Å². The van der Waals surface area contributed by atoms with Gasteiger partial charge in [0, 0.05) is 12.3 Å². The first-order valence-corrected chi connectivity index (χ1v) is 10.8. The maximum absolute atomic E-state index is 12.4. The largest absolute Gasteiger partial charge is 0.462 e. The third-order valence-corrected chi connectivity index (χ3v) is 6.69. The van der Waals surface area contributed by atoms with Gasteiger partial charge in [-0.15, -0.1) is 0 Å². The zero-order valence-electron chi connectivity index (χ0n) is 17.3. The van der Waals surface area contributed by atoms with Crippen LogP contribution in [0.25, 0.3) is 0 Å². The van der Waals surface area contributed by atoms with E-state index in [-0.39, 0.29) is 42.4 Å². The summed E-state index contributed by atoms with van der Waals surface area (Å²) in [5.74, 6) is 0.426. The number of cyclic esters (lactones) is 1. The van der Waals surface area contributed by atoms with Crippen LogP contribution in [0.5, 0.6) is 0 Å². The average Bonchev–Trinajstić information content (AvgIpc) is 2.66. The first-order valence-electron chi connectivity index (χ1n) is 10.8. The molecule has 1 N–H and O–H groups in total. The minimum Gasteiger partial charge on any atom is -0.462 e. The number of rotatable bonds is 6. The van der Waals surface area contributed by atoms with Crippen LogP contribution in [-0.2, 0) is 19.1 Å². The summed E-state index contributed by atoms with van der Waals surface area (Å²) in [5.41, 5.74) is 1.27. The number of ether oxygens (including phenoxy) is 2. The lowest BCUT2D eigenvalue weighted by Crippen LogP contribution is -2.40. The molecule has 3 rings (SSSR count). The van der Waals surface area contributed by atoms with Crippen LogP contribution in [0.2, 0.25) is 0 Å². The van der Waals surface area contributed by atoms with E-state index in [0.29, 0.717) is 18.3 Å². The van der Waals surface area contributed by atoms with E-state index in [1.807, 2.05) is 13.8 Å². The van der Waals surface area contributed by atoms with Gasteiger partial charge in [-0.3, -0.25) is 9.59 Å². The molecule has 1 aliphatic heterocycles. The highest BCUT2D eigenvalue weighted by Gasteiger charge is 2.40. The summed E-state index contributed by atoms with van der Waals surface area (Å²) in [6, 6.07) is 0. The number of carbonyl (C=O) groups excluding carboxylic acids is 2. The monoisotopic (exact) mass is 390 g/mol. The molecular formula is C23H34O5. The number of fused-ring (bicyclic) bond motifs is 1. The summed E-state index contributed by atoms with van der Waals surface area (Å²) >= 11 is 0. The summed E-state index contributed by atoms with van der Waals surface area (Å²) in [7, 11) is 0. The highest BCUT2D eigenvalue weighted by molar-refractivity contribution is 5.72. The summed E-state index contributed by atoms with van der Waals surface area (Å²) in [5, 5.41) is 9.86. The Kier molecular flexibility index (Phi) is 6.97. The average molecular weight is 391 g/mol. The van der Waals surface area contributed by atoms with Gasteiger partial charge in [-0.1, -0.05) is 39.0 Å². The van der Waals surface area contributed by atoms with Gasteiger partial charge in [0.25, 0.3) is 0 Å². The van der Waals surface area contributed by atoms with Gasteiger partial charge >= 0.3 is 11.9 Å². The SMILES string of the molecule is CC[C@H](C)C(=O)O[C@H]1CCC=C2C=C[C@H](C)[C@H](CCC3C[C@@H](O)CC(=O)O3)[C@H]21. The highest BCUT2D eigenvalue weighted by atomic mass is 16.5. The zero-order chi connectivity index (χ0) is 20.3. The molecule has 0 saturated carbocycles. The molecular weight excluding hydrogens is 356 g/mol. The molecule has 1 unspecified atom stereocenters.